The van der Waals surface area contributed by atoms with Crippen LogP contribution in [0.2, 0.25) is 0 Å². The predicted molar refractivity (Wildman–Crippen MR) is 40.9 cm³/mol. The molecule has 0 spiro atoms. The first-order chi connectivity index (χ1) is 5.29. The van der Waals surface area contributed by atoms with Gasteiger partial charge in [-0.05, 0) is 19.1 Å². The Labute approximate surface area is 63.8 Å². The molecule has 1 aromatic rings. The minimum Gasteiger partial charge on any atom is -0.346 e. The van der Waals surface area contributed by atoms with E-state index in [0.29, 0.717) is 16.6 Å². The average molecular weight is 153 g/mol. The van der Waals surface area contributed by atoms with Gasteiger partial charge in [-0.2, -0.15) is 5.12 Å². The van der Waals surface area contributed by atoms with E-state index in [1.807, 2.05) is 0 Å². The Bertz CT molecular complexity index is 276. The predicted octanol–water partition coefficient (Wildman–Crippen LogP) is 1.54. The molecular formula is C7H8FN3. The lowest BCUT2D eigenvalue weighted by Crippen LogP contribution is -2.24. The molecule has 2 heterocycles. The van der Waals surface area contributed by atoms with Crippen LogP contribution in [0, 0.1) is 0 Å². The average Bonchev–Trinajstić information content (AvgIpc) is 2.30. The highest BCUT2D eigenvalue weighted by atomic mass is 19.2. The number of pyridine rings is 1. The van der Waals surface area contributed by atoms with E-state index in [9.17, 15) is 4.48 Å². The molecule has 0 saturated heterocycles. The molecule has 1 aliphatic heterocycles. The molecule has 0 aromatic carbocycles. The summed E-state index contributed by atoms with van der Waals surface area (Å²) in [7, 11) is 0. The molecule has 58 valence electrons. The fourth-order valence-corrected chi connectivity index (χ4v) is 1.14. The van der Waals surface area contributed by atoms with Crippen LogP contribution in [0.4, 0.5) is 16.0 Å². The van der Waals surface area contributed by atoms with Gasteiger partial charge in [0.05, 0.1) is 0 Å². The smallest absolute Gasteiger partial charge is 0.153 e. The molecule has 3 nitrogen and oxygen atoms in total. The van der Waals surface area contributed by atoms with E-state index in [-0.39, 0.29) is 6.17 Å². The monoisotopic (exact) mass is 153 g/mol. The first-order valence-corrected chi connectivity index (χ1v) is 3.45. The molecule has 4 heteroatoms. The van der Waals surface area contributed by atoms with Crippen molar-refractivity contribution in [1.82, 2.24) is 4.98 Å². The molecule has 1 N–H and O–H groups in total. The Balaban J connectivity index is 2.47. The van der Waals surface area contributed by atoms with Crippen molar-refractivity contribution in [2.24, 2.45) is 0 Å². The largest absolute Gasteiger partial charge is 0.346 e. The maximum atomic E-state index is 13.0. The number of hydrogen-bond donors (Lipinski definition) is 1. The van der Waals surface area contributed by atoms with Crippen molar-refractivity contribution in [1.29, 1.82) is 0 Å². The van der Waals surface area contributed by atoms with Gasteiger partial charge in [-0.25, -0.2) is 4.98 Å². The van der Waals surface area contributed by atoms with Crippen LogP contribution in [0.25, 0.3) is 0 Å². The quantitative estimate of drug-likeness (QED) is 0.573. The van der Waals surface area contributed by atoms with Gasteiger partial charge < -0.3 is 5.32 Å². The lowest BCUT2D eigenvalue weighted by Gasteiger charge is -2.09. The number of nitrogens with one attached hydrogen (secondary N) is 1. The second-order valence-electron chi connectivity index (χ2n) is 2.50. The highest BCUT2D eigenvalue weighted by molar-refractivity contribution is 5.69. The van der Waals surface area contributed by atoms with Gasteiger partial charge in [0.2, 0.25) is 0 Å². The Morgan fingerprint density at radius 2 is 2.55 bits per heavy atom. The van der Waals surface area contributed by atoms with Gasteiger partial charge in [-0.1, -0.05) is 4.48 Å². The van der Waals surface area contributed by atoms with Crippen LogP contribution in [-0.2, 0) is 0 Å². The van der Waals surface area contributed by atoms with E-state index in [0.717, 1.165) is 0 Å². The van der Waals surface area contributed by atoms with Crippen LogP contribution in [-0.4, -0.2) is 11.1 Å². The summed E-state index contributed by atoms with van der Waals surface area (Å²) in [6, 6.07) is 3.41. The fraction of sp³-hybridized carbons (Fsp3) is 0.286. The highest BCUT2D eigenvalue weighted by Crippen LogP contribution is 2.31. The third-order valence-corrected chi connectivity index (χ3v) is 1.70. The zero-order chi connectivity index (χ0) is 7.84. The summed E-state index contributed by atoms with van der Waals surface area (Å²) in [6.07, 6.45) is 1.33. The van der Waals surface area contributed by atoms with E-state index in [2.05, 4.69) is 10.3 Å². The van der Waals surface area contributed by atoms with Crippen LogP contribution < -0.4 is 10.4 Å². The SMILES string of the molecule is CC1Nc2ncccc2N1F. The number of anilines is 2. The van der Waals surface area contributed by atoms with Gasteiger partial charge in [-0.15, -0.1) is 0 Å². The van der Waals surface area contributed by atoms with E-state index in [1.165, 1.54) is 0 Å². The number of hydrogen-bond acceptors (Lipinski definition) is 3. The Morgan fingerprint density at radius 1 is 1.73 bits per heavy atom. The summed E-state index contributed by atoms with van der Waals surface area (Å²) in [6.45, 7) is 1.74. The van der Waals surface area contributed by atoms with Crippen molar-refractivity contribution in [2.45, 2.75) is 13.1 Å². The molecular weight excluding hydrogens is 145 g/mol. The molecule has 1 atom stereocenters. The minimum absolute atomic E-state index is 0.306. The maximum Gasteiger partial charge on any atom is 0.153 e. The highest BCUT2D eigenvalue weighted by Gasteiger charge is 2.25. The lowest BCUT2D eigenvalue weighted by molar-refractivity contribution is 0.410. The van der Waals surface area contributed by atoms with Crippen LogP contribution in [0.3, 0.4) is 0 Å². The van der Waals surface area contributed by atoms with E-state index < -0.39 is 0 Å². The molecule has 1 aromatic heterocycles. The molecule has 0 bridgehead atoms. The van der Waals surface area contributed by atoms with Gasteiger partial charge in [0.1, 0.15) is 11.9 Å². The van der Waals surface area contributed by atoms with Gasteiger partial charge in [0.15, 0.2) is 5.82 Å². The third-order valence-electron chi connectivity index (χ3n) is 1.70. The fourth-order valence-electron chi connectivity index (χ4n) is 1.14. The minimum atomic E-state index is -0.306. The molecule has 1 unspecified atom stereocenters. The van der Waals surface area contributed by atoms with Crippen molar-refractivity contribution in [2.75, 3.05) is 10.4 Å². The normalized spacial score (nSPS) is 21.3. The topological polar surface area (TPSA) is 28.2 Å². The first kappa shape index (κ1) is 6.39. The van der Waals surface area contributed by atoms with Crippen LogP contribution in [0.5, 0.6) is 0 Å². The number of fused-ring (bicyclic) bond motifs is 1. The van der Waals surface area contributed by atoms with E-state index >= 15 is 0 Å². The second-order valence-corrected chi connectivity index (χ2v) is 2.50. The number of rotatable bonds is 0. The summed E-state index contributed by atoms with van der Waals surface area (Å²) < 4.78 is 13.0. The van der Waals surface area contributed by atoms with Crippen molar-refractivity contribution in [3.8, 4) is 0 Å². The second kappa shape index (κ2) is 2.08. The molecule has 1 aliphatic rings. The van der Waals surface area contributed by atoms with Crippen LogP contribution in [0.15, 0.2) is 18.3 Å². The molecule has 11 heavy (non-hydrogen) atoms. The van der Waals surface area contributed by atoms with Crippen molar-refractivity contribution < 1.29 is 4.48 Å². The Hall–Kier alpha value is -1.32. The molecule has 0 fully saturated rings. The van der Waals surface area contributed by atoms with Crippen molar-refractivity contribution in [3.63, 3.8) is 0 Å². The Kier molecular flexibility index (Phi) is 1.21. The number of halogens is 1. The Morgan fingerprint density at radius 3 is 3.27 bits per heavy atom. The van der Waals surface area contributed by atoms with E-state index in [4.69, 9.17) is 0 Å². The summed E-state index contributed by atoms with van der Waals surface area (Å²) in [5.74, 6) is 0.613. The van der Waals surface area contributed by atoms with Crippen LogP contribution in [0.1, 0.15) is 6.92 Å². The van der Waals surface area contributed by atoms with Crippen LogP contribution >= 0.6 is 0 Å². The molecule has 0 amide bonds. The molecule has 2 rings (SSSR count). The zero-order valence-corrected chi connectivity index (χ0v) is 6.08. The summed E-state index contributed by atoms with van der Waals surface area (Å²) >= 11 is 0. The van der Waals surface area contributed by atoms with Crippen molar-refractivity contribution >= 4 is 11.5 Å². The third kappa shape index (κ3) is 0.824. The standard InChI is InChI=1S/C7H8FN3/c1-5-10-7-6(11(5)8)3-2-4-9-7/h2-5H,1H3,(H,9,10). The maximum absolute atomic E-state index is 13.0. The summed E-state index contributed by atoms with van der Waals surface area (Å²) in [5, 5.41) is 3.56. The molecule has 0 radical (unpaired) electrons. The zero-order valence-electron chi connectivity index (χ0n) is 6.08. The van der Waals surface area contributed by atoms with Gasteiger partial charge >= 0.3 is 0 Å². The summed E-state index contributed by atoms with van der Waals surface area (Å²) in [5.41, 5.74) is 0.514. The van der Waals surface area contributed by atoms with Gasteiger partial charge in [0.25, 0.3) is 0 Å². The summed E-state index contributed by atoms with van der Waals surface area (Å²) in [4.78, 5) is 3.97. The first-order valence-electron chi connectivity index (χ1n) is 3.45. The van der Waals surface area contributed by atoms with Crippen molar-refractivity contribution in [3.05, 3.63) is 18.3 Å². The molecule has 0 aliphatic carbocycles. The van der Waals surface area contributed by atoms with Gasteiger partial charge in [0, 0.05) is 6.20 Å². The lowest BCUT2D eigenvalue weighted by atomic mass is 10.4. The van der Waals surface area contributed by atoms with Gasteiger partial charge in [-0.3, -0.25) is 0 Å². The number of aromatic nitrogens is 1. The number of nitrogens with zero attached hydrogens (tertiary/aromatic N) is 2. The van der Waals surface area contributed by atoms with E-state index in [1.54, 1.807) is 25.3 Å². The molecule has 0 saturated carbocycles.